The van der Waals surface area contributed by atoms with Crippen molar-refractivity contribution in [3.8, 4) is 0 Å². The zero-order chi connectivity index (χ0) is 13.5. The highest BCUT2D eigenvalue weighted by molar-refractivity contribution is 7.09. The minimum Gasteiger partial charge on any atom is -0.469 e. The number of thiazole rings is 1. The van der Waals surface area contributed by atoms with Crippen molar-refractivity contribution in [3.63, 3.8) is 0 Å². The fourth-order valence-corrected chi connectivity index (χ4v) is 3.50. The highest BCUT2D eigenvalue weighted by atomic mass is 32.1. The summed E-state index contributed by atoms with van der Waals surface area (Å²) in [7, 11) is 1.34. The molecule has 0 fully saturated rings. The Labute approximate surface area is 114 Å². The largest absolute Gasteiger partial charge is 0.469 e. The van der Waals surface area contributed by atoms with Gasteiger partial charge in [-0.15, -0.1) is 11.3 Å². The molecule has 0 saturated carbocycles. The molecule has 1 aromatic carbocycles. The van der Waals surface area contributed by atoms with Gasteiger partial charge in [0.15, 0.2) is 5.60 Å². The summed E-state index contributed by atoms with van der Waals surface area (Å²) in [5, 5.41) is 13.4. The number of hydrogen-bond acceptors (Lipinski definition) is 5. The maximum Gasteiger partial charge on any atom is 0.312 e. The Morgan fingerprint density at radius 3 is 3.00 bits per heavy atom. The van der Waals surface area contributed by atoms with Crippen molar-refractivity contribution in [1.29, 1.82) is 0 Å². The molecule has 0 radical (unpaired) electrons. The van der Waals surface area contributed by atoms with E-state index in [-0.39, 0.29) is 0 Å². The minimum atomic E-state index is -1.38. The van der Waals surface area contributed by atoms with Crippen molar-refractivity contribution in [3.05, 3.63) is 52.0 Å². The van der Waals surface area contributed by atoms with Crippen molar-refractivity contribution in [1.82, 2.24) is 4.98 Å². The first-order valence-corrected chi connectivity index (χ1v) is 6.84. The van der Waals surface area contributed by atoms with Gasteiger partial charge >= 0.3 is 5.97 Å². The van der Waals surface area contributed by atoms with Crippen LogP contribution in [-0.4, -0.2) is 23.2 Å². The van der Waals surface area contributed by atoms with Crippen LogP contribution in [0.2, 0.25) is 0 Å². The van der Waals surface area contributed by atoms with E-state index in [4.69, 9.17) is 4.74 Å². The number of esters is 1. The quantitative estimate of drug-likeness (QED) is 0.848. The predicted octanol–water partition coefficient (Wildman–Crippen LogP) is 1.72. The maximum absolute atomic E-state index is 12.0. The highest BCUT2D eigenvalue weighted by Crippen LogP contribution is 2.47. The lowest BCUT2D eigenvalue weighted by Crippen LogP contribution is -2.38. The van der Waals surface area contributed by atoms with E-state index >= 15 is 0 Å². The Balaban J connectivity index is 2.18. The molecular weight excluding hydrogens is 262 g/mol. The second-order valence-corrected chi connectivity index (χ2v) is 5.44. The van der Waals surface area contributed by atoms with Gasteiger partial charge < -0.3 is 9.84 Å². The molecule has 0 saturated heterocycles. The van der Waals surface area contributed by atoms with Crippen LogP contribution in [0.1, 0.15) is 16.1 Å². The van der Waals surface area contributed by atoms with E-state index < -0.39 is 17.5 Å². The molecule has 98 valence electrons. The van der Waals surface area contributed by atoms with Crippen molar-refractivity contribution < 1.29 is 14.6 Å². The third kappa shape index (κ3) is 1.69. The van der Waals surface area contributed by atoms with Crippen LogP contribution in [0.5, 0.6) is 0 Å². The van der Waals surface area contributed by atoms with Crippen molar-refractivity contribution >= 4 is 17.3 Å². The fourth-order valence-electron chi connectivity index (χ4n) is 2.70. The molecular formula is C14H13NO3S. The number of nitrogens with zero attached hydrogens (tertiary/aromatic N) is 1. The van der Waals surface area contributed by atoms with Crippen LogP contribution in [0.25, 0.3) is 0 Å². The molecule has 2 atom stereocenters. The van der Waals surface area contributed by atoms with Crippen LogP contribution >= 0.6 is 11.3 Å². The molecule has 4 nitrogen and oxygen atoms in total. The van der Waals surface area contributed by atoms with Gasteiger partial charge in [0.25, 0.3) is 0 Å². The van der Waals surface area contributed by atoms with Crippen LogP contribution in [0.15, 0.2) is 35.8 Å². The van der Waals surface area contributed by atoms with E-state index in [0.717, 1.165) is 11.1 Å². The molecule has 1 heterocycles. The maximum atomic E-state index is 12.0. The van der Waals surface area contributed by atoms with E-state index in [1.807, 2.05) is 24.3 Å². The lowest BCUT2D eigenvalue weighted by atomic mass is 9.88. The van der Waals surface area contributed by atoms with Gasteiger partial charge in [0.2, 0.25) is 0 Å². The van der Waals surface area contributed by atoms with Crippen molar-refractivity contribution in [2.75, 3.05) is 7.11 Å². The molecule has 5 heteroatoms. The number of fused-ring (bicyclic) bond motifs is 1. The Morgan fingerprint density at radius 1 is 1.53 bits per heavy atom. The zero-order valence-corrected chi connectivity index (χ0v) is 11.2. The number of hydrogen-bond donors (Lipinski definition) is 1. The van der Waals surface area contributed by atoms with Gasteiger partial charge in [-0.05, 0) is 17.5 Å². The van der Waals surface area contributed by atoms with Gasteiger partial charge in [-0.1, -0.05) is 24.3 Å². The number of carbonyl (C=O) groups excluding carboxylic acids is 1. The minimum absolute atomic E-state index is 0.408. The first-order chi connectivity index (χ1) is 9.17. The third-order valence-corrected chi connectivity index (χ3v) is 4.50. The van der Waals surface area contributed by atoms with Gasteiger partial charge in [-0.2, -0.15) is 0 Å². The molecule has 0 spiro atoms. The van der Waals surface area contributed by atoms with Gasteiger partial charge in [0, 0.05) is 11.6 Å². The summed E-state index contributed by atoms with van der Waals surface area (Å²) in [6, 6.07) is 7.54. The van der Waals surface area contributed by atoms with Crippen molar-refractivity contribution in [2.24, 2.45) is 5.92 Å². The van der Waals surface area contributed by atoms with Gasteiger partial charge in [-0.25, -0.2) is 4.98 Å². The number of aromatic nitrogens is 1. The van der Waals surface area contributed by atoms with E-state index in [0.29, 0.717) is 11.4 Å². The Hall–Kier alpha value is -1.72. The summed E-state index contributed by atoms with van der Waals surface area (Å²) in [5.74, 6) is -1.05. The molecule has 0 amide bonds. The molecule has 0 unspecified atom stereocenters. The van der Waals surface area contributed by atoms with E-state index in [2.05, 4.69) is 4.98 Å². The average molecular weight is 275 g/mol. The van der Waals surface area contributed by atoms with E-state index in [1.165, 1.54) is 18.4 Å². The smallest absolute Gasteiger partial charge is 0.312 e. The van der Waals surface area contributed by atoms with Crippen LogP contribution in [0.3, 0.4) is 0 Å². The number of methoxy groups -OCH3 is 1. The van der Waals surface area contributed by atoms with E-state index in [9.17, 15) is 9.90 Å². The number of ether oxygens (including phenoxy) is 1. The second-order valence-electron chi connectivity index (χ2n) is 4.54. The molecule has 2 aromatic rings. The molecule has 0 bridgehead atoms. The lowest BCUT2D eigenvalue weighted by Gasteiger charge is -2.27. The van der Waals surface area contributed by atoms with Gasteiger partial charge in [0.05, 0.1) is 7.11 Å². The zero-order valence-electron chi connectivity index (χ0n) is 10.4. The number of carbonyl (C=O) groups is 1. The summed E-state index contributed by atoms with van der Waals surface area (Å²) in [4.78, 5) is 16.2. The summed E-state index contributed by atoms with van der Waals surface area (Å²) in [6.45, 7) is 0. The topological polar surface area (TPSA) is 59.4 Å². The average Bonchev–Trinajstić information content (AvgIpc) is 3.06. The van der Waals surface area contributed by atoms with Gasteiger partial charge in [-0.3, -0.25) is 4.79 Å². The van der Waals surface area contributed by atoms with Crippen molar-refractivity contribution in [2.45, 2.75) is 12.0 Å². The predicted molar refractivity (Wildman–Crippen MR) is 70.8 cm³/mol. The monoisotopic (exact) mass is 275 g/mol. The molecule has 1 aliphatic rings. The summed E-state index contributed by atoms with van der Waals surface area (Å²) < 4.78 is 4.84. The molecule has 1 aliphatic carbocycles. The summed E-state index contributed by atoms with van der Waals surface area (Å²) >= 11 is 1.35. The number of aliphatic hydroxyl groups is 1. The SMILES string of the molecule is COC(=O)[C@@H]1Cc2ccccc2[C@@]1(O)c1nccs1. The first kappa shape index (κ1) is 12.3. The lowest BCUT2D eigenvalue weighted by molar-refractivity contribution is -0.152. The Kier molecular flexibility index (Phi) is 2.88. The Bertz CT molecular complexity index is 611. The van der Waals surface area contributed by atoms with Crippen LogP contribution in [-0.2, 0) is 21.6 Å². The summed E-state index contributed by atoms with van der Waals surface area (Å²) in [6.07, 6.45) is 2.10. The van der Waals surface area contributed by atoms with Crippen LogP contribution in [0, 0.1) is 5.92 Å². The summed E-state index contributed by atoms with van der Waals surface area (Å²) in [5.41, 5.74) is 0.341. The molecule has 1 N–H and O–H groups in total. The number of rotatable bonds is 2. The second kappa shape index (κ2) is 4.43. The highest BCUT2D eigenvalue weighted by Gasteiger charge is 2.52. The fraction of sp³-hybridized carbons (Fsp3) is 0.286. The molecule has 19 heavy (non-hydrogen) atoms. The normalized spacial score (nSPS) is 25.1. The van der Waals surface area contributed by atoms with Crippen LogP contribution < -0.4 is 0 Å². The molecule has 3 rings (SSSR count). The molecule has 0 aliphatic heterocycles. The van der Waals surface area contributed by atoms with Gasteiger partial charge in [0.1, 0.15) is 10.9 Å². The first-order valence-electron chi connectivity index (χ1n) is 5.96. The van der Waals surface area contributed by atoms with Crippen LogP contribution in [0.4, 0.5) is 0 Å². The Morgan fingerprint density at radius 2 is 2.32 bits per heavy atom. The molecule has 1 aromatic heterocycles. The van der Waals surface area contributed by atoms with E-state index in [1.54, 1.807) is 11.6 Å². The number of benzene rings is 1. The third-order valence-electron chi connectivity index (χ3n) is 3.60. The standard InChI is InChI=1S/C14H13NO3S/c1-18-12(16)11-8-9-4-2-3-5-10(9)14(11,17)13-15-6-7-19-13/h2-7,11,17H,8H2,1H3/t11-,14-/m0/s1.